The van der Waals surface area contributed by atoms with E-state index < -0.39 is 0 Å². The second-order valence-electron chi connectivity index (χ2n) is 6.70. The molecule has 1 N–H and O–H groups in total. The van der Waals surface area contributed by atoms with Crippen LogP contribution < -0.4 is 0 Å². The summed E-state index contributed by atoms with van der Waals surface area (Å²) in [6.07, 6.45) is 7.04. The van der Waals surface area contributed by atoms with Gasteiger partial charge in [0, 0.05) is 44.8 Å². The molecule has 0 atom stereocenters. The summed E-state index contributed by atoms with van der Waals surface area (Å²) >= 11 is 0. The van der Waals surface area contributed by atoms with Crippen molar-refractivity contribution in [2.24, 2.45) is 0 Å². The second kappa shape index (κ2) is 11.7. The van der Waals surface area contributed by atoms with Crippen LogP contribution in [0, 0.1) is 6.07 Å². The summed E-state index contributed by atoms with van der Waals surface area (Å²) in [4.78, 5) is 12.8. The van der Waals surface area contributed by atoms with E-state index >= 15 is 0 Å². The van der Waals surface area contributed by atoms with Crippen LogP contribution in [0.3, 0.4) is 0 Å². The van der Waals surface area contributed by atoms with Crippen molar-refractivity contribution in [3.8, 4) is 39.4 Å². The van der Waals surface area contributed by atoms with E-state index in [1.165, 1.54) is 5.56 Å². The van der Waals surface area contributed by atoms with Crippen LogP contribution in [-0.4, -0.2) is 20.1 Å². The zero-order valence-corrected chi connectivity index (χ0v) is 19.3. The minimum Gasteiger partial charge on any atom is -0.508 e. The van der Waals surface area contributed by atoms with Gasteiger partial charge in [-0.15, -0.1) is 6.07 Å². The number of rotatable bonds is 3. The molecule has 5 aromatic rings. The van der Waals surface area contributed by atoms with Gasteiger partial charge in [0.2, 0.25) is 0 Å². The van der Waals surface area contributed by atoms with Crippen LogP contribution in [0.1, 0.15) is 0 Å². The molecule has 5 heteroatoms. The topological polar surface area (TPSA) is 58.9 Å². The molecule has 0 spiro atoms. The molecule has 0 radical (unpaired) electrons. The average molecular weight is 598 g/mol. The number of nitrogens with zero attached hydrogens (tertiary/aromatic N) is 3. The normalized spacial score (nSPS) is 9.75. The number of benzene rings is 2. The number of aromatic hydroxyl groups is 1. The van der Waals surface area contributed by atoms with Crippen molar-refractivity contribution in [2.45, 2.75) is 0 Å². The number of aromatic nitrogens is 3. The van der Waals surface area contributed by atoms with Gasteiger partial charge < -0.3 is 10.1 Å². The largest absolute Gasteiger partial charge is 0.508 e. The van der Waals surface area contributed by atoms with Crippen molar-refractivity contribution in [3.63, 3.8) is 0 Å². The third-order valence-corrected chi connectivity index (χ3v) is 4.53. The minimum atomic E-state index is 0. The number of hydrogen-bond donors (Lipinski definition) is 1. The Bertz CT molecular complexity index is 1160. The zero-order valence-electron chi connectivity index (χ0n) is 17.1. The molecule has 0 unspecified atom stereocenters. The van der Waals surface area contributed by atoms with Crippen LogP contribution in [0.4, 0.5) is 0 Å². The van der Waals surface area contributed by atoms with Crippen LogP contribution in [-0.2, 0) is 21.1 Å². The minimum absolute atomic E-state index is 0. The summed E-state index contributed by atoms with van der Waals surface area (Å²) in [6.45, 7) is 0. The first-order valence-corrected chi connectivity index (χ1v) is 9.84. The van der Waals surface area contributed by atoms with E-state index in [9.17, 15) is 0 Å². The summed E-state index contributed by atoms with van der Waals surface area (Å²) < 4.78 is 0. The van der Waals surface area contributed by atoms with Gasteiger partial charge in [0.1, 0.15) is 5.75 Å². The number of pyridine rings is 3. The Morgan fingerprint density at radius 1 is 0.562 bits per heavy atom. The fraction of sp³-hybridized carbons (Fsp3) is 0. The van der Waals surface area contributed by atoms with Crippen molar-refractivity contribution in [1.82, 2.24) is 15.0 Å². The molecular formula is C27H20N3OPt-. The Morgan fingerprint density at radius 3 is 1.56 bits per heavy atom. The maximum Gasteiger partial charge on any atom is 0.115 e. The molecule has 3 heterocycles. The number of hydrogen-bond acceptors (Lipinski definition) is 4. The summed E-state index contributed by atoms with van der Waals surface area (Å²) in [5.74, 6) is 0.305. The van der Waals surface area contributed by atoms with Crippen LogP contribution in [0.5, 0.6) is 5.75 Å². The predicted molar refractivity (Wildman–Crippen MR) is 123 cm³/mol. The van der Waals surface area contributed by atoms with Crippen molar-refractivity contribution >= 4 is 0 Å². The first-order valence-electron chi connectivity index (χ1n) is 9.84. The van der Waals surface area contributed by atoms with E-state index in [0.29, 0.717) is 5.75 Å². The Morgan fingerprint density at radius 2 is 1.06 bits per heavy atom. The van der Waals surface area contributed by atoms with E-state index in [0.717, 1.165) is 28.1 Å². The molecule has 5 rings (SSSR count). The molecule has 3 aromatic heterocycles. The average Bonchev–Trinajstić information content (AvgIpc) is 2.87. The van der Waals surface area contributed by atoms with Gasteiger partial charge in [-0.1, -0.05) is 77.9 Å². The van der Waals surface area contributed by atoms with Gasteiger partial charge in [-0.25, -0.2) is 0 Å². The molecule has 0 amide bonds. The number of phenolic OH excluding ortho intramolecular Hbond substituents is 1. The molecule has 0 aliphatic carbocycles. The second-order valence-corrected chi connectivity index (χ2v) is 6.70. The van der Waals surface area contributed by atoms with Gasteiger partial charge in [-0.2, -0.15) is 0 Å². The Labute approximate surface area is 202 Å². The Kier molecular flexibility index (Phi) is 8.42. The van der Waals surface area contributed by atoms with E-state index in [1.807, 2.05) is 78.9 Å². The van der Waals surface area contributed by atoms with Crippen molar-refractivity contribution in [2.75, 3.05) is 0 Å². The first kappa shape index (κ1) is 23.1. The molecule has 0 bridgehead atoms. The quantitative estimate of drug-likeness (QED) is 0.257. The summed E-state index contributed by atoms with van der Waals surface area (Å²) in [5.41, 5.74) is 5.77. The van der Waals surface area contributed by atoms with Gasteiger partial charge in [0.15, 0.2) is 0 Å². The summed E-state index contributed by atoms with van der Waals surface area (Å²) in [6, 6.07) is 32.1. The van der Waals surface area contributed by atoms with E-state index in [2.05, 4.69) is 21.0 Å². The molecule has 0 aliphatic rings. The molecular weight excluding hydrogens is 577 g/mol. The summed E-state index contributed by atoms with van der Waals surface area (Å²) in [7, 11) is 0. The van der Waals surface area contributed by atoms with Gasteiger partial charge in [-0.05, 0) is 47.8 Å². The van der Waals surface area contributed by atoms with Crippen molar-refractivity contribution in [3.05, 3.63) is 122 Å². The molecule has 4 nitrogen and oxygen atoms in total. The first-order chi connectivity index (χ1) is 15.3. The van der Waals surface area contributed by atoms with Crippen LogP contribution in [0.2, 0.25) is 0 Å². The van der Waals surface area contributed by atoms with Crippen molar-refractivity contribution in [1.29, 1.82) is 0 Å². The van der Waals surface area contributed by atoms with Gasteiger partial charge in [0.25, 0.3) is 0 Å². The fourth-order valence-electron chi connectivity index (χ4n) is 2.98. The standard InChI is InChI=1S/C15H10N3.C12H10O.Pt/c1-3-7-17-14(5-1)12-9-13(11-16-10-12)15-6-2-4-8-18-15;13-12-8-6-11(7-9-12)10-4-2-1-3-5-10;/h1-8,10-11H;1-9,13H;/q-1;;. The predicted octanol–water partition coefficient (Wildman–Crippen LogP) is 6.06. The third kappa shape index (κ3) is 6.19. The SMILES string of the molecule is Oc1ccc(-c2ccccc2)cc1.[Pt].[c-]1c(-c2ccccn2)cncc1-c1ccccn1. The maximum atomic E-state index is 9.10. The van der Waals surface area contributed by atoms with E-state index in [4.69, 9.17) is 5.11 Å². The van der Waals surface area contributed by atoms with Crippen LogP contribution >= 0.6 is 0 Å². The molecule has 32 heavy (non-hydrogen) atoms. The Hall–Kier alpha value is -3.62. The molecule has 0 aliphatic heterocycles. The van der Waals surface area contributed by atoms with Crippen LogP contribution in [0.15, 0.2) is 116 Å². The smallest absolute Gasteiger partial charge is 0.115 e. The van der Waals surface area contributed by atoms with E-state index in [1.54, 1.807) is 36.9 Å². The van der Waals surface area contributed by atoms with Crippen LogP contribution in [0.25, 0.3) is 33.6 Å². The van der Waals surface area contributed by atoms with Gasteiger partial charge in [0.05, 0.1) is 0 Å². The monoisotopic (exact) mass is 597 g/mol. The molecule has 2 aromatic carbocycles. The van der Waals surface area contributed by atoms with Crippen molar-refractivity contribution < 1.29 is 26.2 Å². The molecule has 0 saturated heterocycles. The molecule has 0 saturated carbocycles. The van der Waals surface area contributed by atoms with Gasteiger partial charge >= 0.3 is 0 Å². The maximum absolute atomic E-state index is 9.10. The third-order valence-electron chi connectivity index (χ3n) is 4.53. The number of phenols is 1. The van der Waals surface area contributed by atoms with Gasteiger partial charge in [-0.3, -0.25) is 9.97 Å². The zero-order chi connectivity index (χ0) is 21.3. The fourth-order valence-corrected chi connectivity index (χ4v) is 2.98. The molecule has 0 fully saturated rings. The molecule has 160 valence electrons. The Balaban J connectivity index is 0.000000184. The van der Waals surface area contributed by atoms with E-state index in [-0.39, 0.29) is 21.1 Å². The summed E-state index contributed by atoms with van der Waals surface area (Å²) in [5, 5.41) is 9.10.